The first-order valence-corrected chi connectivity index (χ1v) is 10.6. The molecule has 35 heavy (non-hydrogen) atoms. The summed E-state index contributed by atoms with van der Waals surface area (Å²) in [7, 11) is 0. The number of amides is 2. The molecule has 0 aliphatic heterocycles. The van der Waals surface area contributed by atoms with Crippen LogP contribution in [0.3, 0.4) is 0 Å². The Kier molecular flexibility index (Phi) is 6.20. The minimum atomic E-state index is -1.06. The lowest BCUT2D eigenvalue weighted by atomic mass is 10.1. The number of hydrogen-bond acceptors (Lipinski definition) is 8. The molecule has 0 aliphatic carbocycles. The first-order chi connectivity index (χ1) is 16.6. The van der Waals surface area contributed by atoms with Gasteiger partial charge in [-0.3, -0.25) is 14.9 Å². The zero-order chi connectivity index (χ0) is 25.2. The molecule has 0 saturated carbocycles. The number of nitro groups is 1. The van der Waals surface area contributed by atoms with Gasteiger partial charge in [0.05, 0.1) is 6.07 Å². The van der Waals surface area contributed by atoms with E-state index in [4.69, 9.17) is 13.6 Å². The molecular weight excluding hydrogens is 454 g/mol. The van der Waals surface area contributed by atoms with Gasteiger partial charge in [0.25, 0.3) is 0 Å². The van der Waals surface area contributed by atoms with E-state index in [0.29, 0.717) is 16.0 Å². The van der Waals surface area contributed by atoms with E-state index in [0.717, 1.165) is 12.1 Å². The van der Waals surface area contributed by atoms with E-state index in [1.54, 1.807) is 75.4 Å². The molecule has 0 spiro atoms. The van der Waals surface area contributed by atoms with Crippen molar-refractivity contribution < 1.29 is 28.1 Å². The highest BCUT2D eigenvalue weighted by molar-refractivity contribution is 6.19. The van der Waals surface area contributed by atoms with E-state index < -0.39 is 34.2 Å². The van der Waals surface area contributed by atoms with Crippen LogP contribution < -0.4 is 4.90 Å². The Labute approximate surface area is 199 Å². The van der Waals surface area contributed by atoms with Crippen LogP contribution in [0.1, 0.15) is 31.3 Å². The fraction of sp³-hybridized carbons (Fsp3) is 0.160. The minimum Gasteiger partial charge on any atom is -0.443 e. The highest BCUT2D eigenvalue weighted by atomic mass is 16.6. The zero-order valence-electron chi connectivity index (χ0n) is 19.1. The summed E-state index contributed by atoms with van der Waals surface area (Å²) in [5, 5.41) is 11.1. The Morgan fingerprint density at radius 1 is 0.914 bits per heavy atom. The number of oxazole rings is 1. The van der Waals surface area contributed by atoms with Crippen LogP contribution in [0.25, 0.3) is 22.7 Å². The fourth-order valence-electron chi connectivity index (χ4n) is 3.17. The molecule has 2 aromatic heterocycles. The van der Waals surface area contributed by atoms with Gasteiger partial charge in [-0.2, -0.15) is 4.90 Å². The molecule has 0 atom stereocenters. The van der Waals surface area contributed by atoms with Crippen LogP contribution in [0.15, 0.2) is 81.6 Å². The van der Waals surface area contributed by atoms with Gasteiger partial charge < -0.3 is 13.6 Å². The van der Waals surface area contributed by atoms with Crippen molar-refractivity contribution >= 4 is 23.8 Å². The topological polar surface area (TPSA) is 129 Å². The number of aromatic nitrogens is 1. The van der Waals surface area contributed by atoms with Gasteiger partial charge in [-0.1, -0.05) is 48.5 Å². The van der Waals surface area contributed by atoms with Crippen LogP contribution in [-0.2, 0) is 4.74 Å². The number of hydrogen-bond donors (Lipinski definition) is 0. The summed E-state index contributed by atoms with van der Waals surface area (Å²) in [6, 6.07) is 19.9. The third kappa shape index (κ3) is 5.11. The van der Waals surface area contributed by atoms with Crippen molar-refractivity contribution in [3.8, 4) is 22.7 Å². The Bertz CT molecular complexity index is 1370. The molecule has 0 bridgehead atoms. The average Bonchev–Trinajstić information content (AvgIpc) is 3.48. The molecule has 0 unspecified atom stereocenters. The van der Waals surface area contributed by atoms with Gasteiger partial charge in [0, 0.05) is 11.1 Å². The van der Waals surface area contributed by atoms with E-state index in [1.807, 2.05) is 6.07 Å². The summed E-state index contributed by atoms with van der Waals surface area (Å²) in [6.07, 6.45) is -1.06. The molecule has 2 heterocycles. The number of furan rings is 1. The maximum Gasteiger partial charge on any atom is 0.433 e. The van der Waals surface area contributed by atoms with Crippen LogP contribution in [0, 0.1) is 10.1 Å². The molecular formula is C25H21N3O7. The summed E-state index contributed by atoms with van der Waals surface area (Å²) in [5.41, 5.74) is 0.422. The van der Waals surface area contributed by atoms with Crippen molar-refractivity contribution in [2.24, 2.45) is 0 Å². The number of benzene rings is 2. The number of nitrogens with zero attached hydrogens (tertiary/aromatic N) is 3. The van der Waals surface area contributed by atoms with Gasteiger partial charge in [0.1, 0.15) is 16.2 Å². The average molecular weight is 475 g/mol. The first kappa shape index (κ1) is 23.4. The normalized spacial score (nSPS) is 11.2. The molecule has 4 rings (SSSR count). The smallest absolute Gasteiger partial charge is 0.433 e. The van der Waals surface area contributed by atoms with Crippen LogP contribution in [0.2, 0.25) is 0 Å². The number of carbonyl (C=O) groups is 2. The van der Waals surface area contributed by atoms with E-state index in [2.05, 4.69) is 4.98 Å². The number of ether oxygens (including phenoxy) is 1. The van der Waals surface area contributed by atoms with Gasteiger partial charge in [-0.15, -0.1) is 0 Å². The van der Waals surface area contributed by atoms with E-state index in [9.17, 15) is 19.7 Å². The van der Waals surface area contributed by atoms with Crippen molar-refractivity contribution in [2.45, 2.75) is 26.4 Å². The summed E-state index contributed by atoms with van der Waals surface area (Å²) < 4.78 is 16.5. The Balaban J connectivity index is 1.90. The van der Waals surface area contributed by atoms with Gasteiger partial charge in [0.15, 0.2) is 5.76 Å². The monoisotopic (exact) mass is 475 g/mol. The lowest BCUT2D eigenvalue weighted by molar-refractivity contribution is -0.402. The maximum atomic E-state index is 13.5. The zero-order valence-corrected chi connectivity index (χ0v) is 19.1. The van der Waals surface area contributed by atoms with Crippen molar-refractivity contribution in [1.82, 2.24) is 4.98 Å². The van der Waals surface area contributed by atoms with Gasteiger partial charge >= 0.3 is 17.9 Å². The Morgan fingerprint density at radius 2 is 1.51 bits per heavy atom. The standard InChI is InChI=1S/C25H21N3O7/c1-25(2,3)35-24(30)27(22(29)18-14-15-19(33-18)28(31)32)23-20(16-10-6-4-7-11-16)26-21(34-23)17-12-8-5-9-13-17/h4-15H,1-3H3. The maximum absolute atomic E-state index is 13.5. The third-order valence-corrected chi connectivity index (χ3v) is 4.64. The Morgan fingerprint density at radius 3 is 2.06 bits per heavy atom. The molecule has 10 nitrogen and oxygen atoms in total. The predicted molar refractivity (Wildman–Crippen MR) is 126 cm³/mol. The molecule has 0 fully saturated rings. The summed E-state index contributed by atoms with van der Waals surface area (Å²) in [4.78, 5) is 42.2. The summed E-state index contributed by atoms with van der Waals surface area (Å²) in [6.45, 7) is 4.91. The van der Waals surface area contributed by atoms with E-state index in [1.165, 1.54) is 0 Å². The second-order valence-corrected chi connectivity index (χ2v) is 8.42. The second-order valence-electron chi connectivity index (χ2n) is 8.42. The predicted octanol–water partition coefficient (Wildman–Crippen LogP) is 6.09. The second kappa shape index (κ2) is 9.26. The lowest BCUT2D eigenvalue weighted by Crippen LogP contribution is -2.41. The number of carbonyl (C=O) groups excluding carboxylic acids is 2. The number of anilines is 1. The summed E-state index contributed by atoms with van der Waals surface area (Å²) >= 11 is 0. The summed E-state index contributed by atoms with van der Waals surface area (Å²) in [5.74, 6) is -2.16. The van der Waals surface area contributed by atoms with Crippen LogP contribution in [0.5, 0.6) is 0 Å². The highest BCUT2D eigenvalue weighted by Gasteiger charge is 2.37. The SMILES string of the molecule is CC(C)(C)OC(=O)N(C(=O)c1ccc([N+](=O)[O-])o1)c1oc(-c2ccccc2)nc1-c1ccccc1. The molecule has 0 N–H and O–H groups in total. The van der Waals surface area contributed by atoms with Gasteiger partial charge in [-0.25, -0.2) is 9.78 Å². The van der Waals surface area contributed by atoms with Crippen molar-refractivity contribution in [3.63, 3.8) is 0 Å². The van der Waals surface area contributed by atoms with Gasteiger partial charge in [-0.05, 0) is 39.0 Å². The minimum absolute atomic E-state index is 0.159. The first-order valence-electron chi connectivity index (χ1n) is 10.6. The molecule has 10 heteroatoms. The number of imide groups is 1. The largest absolute Gasteiger partial charge is 0.443 e. The molecule has 0 radical (unpaired) electrons. The lowest BCUT2D eigenvalue weighted by Gasteiger charge is -2.24. The van der Waals surface area contributed by atoms with E-state index >= 15 is 0 Å². The Hall–Kier alpha value is -4.73. The number of rotatable bonds is 5. The molecule has 2 aromatic carbocycles. The van der Waals surface area contributed by atoms with Crippen LogP contribution in [0.4, 0.5) is 16.6 Å². The molecule has 2 amide bonds. The molecule has 4 aromatic rings. The fourth-order valence-corrected chi connectivity index (χ4v) is 3.17. The third-order valence-electron chi connectivity index (χ3n) is 4.64. The van der Waals surface area contributed by atoms with Crippen molar-refractivity contribution in [2.75, 3.05) is 4.90 Å². The van der Waals surface area contributed by atoms with Crippen molar-refractivity contribution in [1.29, 1.82) is 0 Å². The molecule has 0 aliphatic rings. The highest BCUT2D eigenvalue weighted by Crippen LogP contribution is 2.37. The van der Waals surface area contributed by atoms with Gasteiger partial charge in [0.2, 0.25) is 11.8 Å². The van der Waals surface area contributed by atoms with Crippen LogP contribution in [-0.4, -0.2) is 27.5 Å². The quantitative estimate of drug-likeness (QED) is 0.250. The van der Waals surface area contributed by atoms with Crippen LogP contribution >= 0.6 is 0 Å². The molecule has 178 valence electrons. The van der Waals surface area contributed by atoms with Crippen molar-refractivity contribution in [3.05, 3.63) is 88.7 Å². The van der Waals surface area contributed by atoms with E-state index in [-0.39, 0.29) is 17.5 Å². The molecule has 0 saturated heterocycles.